The molecule has 0 unspecified atom stereocenters. The number of piperazine rings is 1. The fourth-order valence-electron chi connectivity index (χ4n) is 4.20. The van der Waals surface area contributed by atoms with E-state index in [1.54, 1.807) is 13.2 Å². The van der Waals surface area contributed by atoms with Gasteiger partial charge in [0.15, 0.2) is 0 Å². The zero-order valence-corrected chi connectivity index (χ0v) is 17.8. The summed E-state index contributed by atoms with van der Waals surface area (Å²) in [5, 5.41) is 2.88. The van der Waals surface area contributed by atoms with Gasteiger partial charge in [0.2, 0.25) is 0 Å². The summed E-state index contributed by atoms with van der Waals surface area (Å²) < 4.78 is 5.23. The second kappa shape index (κ2) is 8.26. The second-order valence-corrected chi connectivity index (χ2v) is 7.88. The first-order valence-corrected chi connectivity index (χ1v) is 10.6. The number of rotatable bonds is 4. The minimum absolute atomic E-state index is 0.0132. The summed E-state index contributed by atoms with van der Waals surface area (Å²) >= 11 is 0. The van der Waals surface area contributed by atoms with E-state index in [0.29, 0.717) is 24.2 Å². The minimum atomic E-state index is -0.160. The normalized spacial score (nSPS) is 16.8. The number of hydrogen-bond donors (Lipinski definition) is 2. The van der Waals surface area contributed by atoms with E-state index in [9.17, 15) is 9.59 Å². The van der Waals surface area contributed by atoms with E-state index in [1.807, 2.05) is 65.7 Å². The van der Waals surface area contributed by atoms with E-state index in [-0.39, 0.29) is 11.8 Å². The Kier molecular flexibility index (Phi) is 5.15. The van der Waals surface area contributed by atoms with Gasteiger partial charge < -0.3 is 24.8 Å². The van der Waals surface area contributed by atoms with Crippen molar-refractivity contribution in [1.29, 1.82) is 0 Å². The van der Waals surface area contributed by atoms with Gasteiger partial charge in [0.1, 0.15) is 5.75 Å². The zero-order valence-electron chi connectivity index (χ0n) is 17.8. The molecular weight excluding hydrogens is 404 g/mol. The molecule has 1 saturated heterocycles. The molecule has 3 heterocycles. The fraction of sp³-hybridized carbons (Fsp3) is 0.200. The first-order valence-electron chi connectivity index (χ1n) is 10.6. The Balaban J connectivity index is 1.31. The van der Waals surface area contributed by atoms with Crippen molar-refractivity contribution in [3.8, 4) is 5.75 Å². The van der Waals surface area contributed by atoms with Crippen LogP contribution in [-0.2, 0) is 4.79 Å². The summed E-state index contributed by atoms with van der Waals surface area (Å²) in [5.41, 5.74) is 4.60. The lowest BCUT2D eigenvalue weighted by Crippen LogP contribution is -2.48. The lowest BCUT2D eigenvalue weighted by molar-refractivity contribution is -0.110. The van der Waals surface area contributed by atoms with Gasteiger partial charge in [-0.05, 0) is 60.7 Å². The third-order valence-corrected chi connectivity index (χ3v) is 5.98. The first-order chi connectivity index (χ1) is 15.6. The second-order valence-electron chi connectivity index (χ2n) is 7.88. The molecule has 2 aliphatic rings. The molecule has 0 atom stereocenters. The van der Waals surface area contributed by atoms with Crippen LogP contribution in [0.5, 0.6) is 5.75 Å². The van der Waals surface area contributed by atoms with E-state index >= 15 is 0 Å². The van der Waals surface area contributed by atoms with E-state index < -0.39 is 0 Å². The molecule has 1 fully saturated rings. The number of carbonyl (C=O) groups is 2. The van der Waals surface area contributed by atoms with Crippen molar-refractivity contribution in [1.82, 2.24) is 9.88 Å². The van der Waals surface area contributed by atoms with Crippen LogP contribution >= 0.6 is 0 Å². The minimum Gasteiger partial charge on any atom is -0.497 e. The Labute approximate surface area is 186 Å². The summed E-state index contributed by atoms with van der Waals surface area (Å²) in [6, 6.07) is 17.2. The zero-order chi connectivity index (χ0) is 22.1. The average molecular weight is 428 g/mol. The topological polar surface area (TPSA) is 77.7 Å². The highest BCUT2D eigenvalue weighted by molar-refractivity contribution is 6.35. The van der Waals surface area contributed by atoms with Gasteiger partial charge in [-0.2, -0.15) is 0 Å². The maximum atomic E-state index is 13.2. The summed E-state index contributed by atoms with van der Waals surface area (Å²) in [4.78, 5) is 32.9. The number of H-pyrrole nitrogens is 1. The van der Waals surface area contributed by atoms with Crippen molar-refractivity contribution in [3.63, 3.8) is 0 Å². The monoisotopic (exact) mass is 428 g/mol. The fourth-order valence-corrected chi connectivity index (χ4v) is 4.20. The van der Waals surface area contributed by atoms with Gasteiger partial charge in [0.25, 0.3) is 11.8 Å². The molecule has 0 saturated carbocycles. The third-order valence-electron chi connectivity index (χ3n) is 5.98. The van der Waals surface area contributed by atoms with Crippen LogP contribution < -0.4 is 15.0 Å². The number of amides is 2. The molecule has 1 aromatic heterocycles. The van der Waals surface area contributed by atoms with Crippen molar-refractivity contribution < 1.29 is 14.3 Å². The highest BCUT2D eigenvalue weighted by Crippen LogP contribution is 2.34. The van der Waals surface area contributed by atoms with Crippen LogP contribution in [0, 0.1) is 0 Å². The maximum absolute atomic E-state index is 13.2. The van der Waals surface area contributed by atoms with Crippen molar-refractivity contribution >= 4 is 34.8 Å². The molecule has 32 heavy (non-hydrogen) atoms. The first kappa shape index (κ1) is 19.9. The molecule has 0 bridgehead atoms. The molecule has 0 radical (unpaired) electrons. The molecule has 5 rings (SSSR count). The largest absolute Gasteiger partial charge is 0.497 e. The molecule has 162 valence electrons. The van der Waals surface area contributed by atoms with Gasteiger partial charge >= 0.3 is 0 Å². The van der Waals surface area contributed by atoms with Gasteiger partial charge in [-0.3, -0.25) is 9.59 Å². The predicted molar refractivity (Wildman–Crippen MR) is 125 cm³/mol. The average Bonchev–Trinajstić information content (AvgIpc) is 3.46. The molecule has 7 heteroatoms. The molecular formula is C25H24N4O3. The van der Waals surface area contributed by atoms with Crippen molar-refractivity contribution in [3.05, 3.63) is 77.6 Å². The van der Waals surface area contributed by atoms with Gasteiger partial charge in [-0.1, -0.05) is 0 Å². The molecule has 7 nitrogen and oxygen atoms in total. The summed E-state index contributed by atoms with van der Waals surface area (Å²) in [7, 11) is 1.66. The number of methoxy groups -OCH3 is 1. The molecule has 2 amide bonds. The molecule has 2 N–H and O–H groups in total. The number of anilines is 2. The molecule has 2 aromatic carbocycles. The van der Waals surface area contributed by atoms with E-state index in [1.165, 1.54) is 0 Å². The van der Waals surface area contributed by atoms with Gasteiger partial charge in [-0.25, -0.2) is 0 Å². The van der Waals surface area contributed by atoms with Gasteiger partial charge in [-0.15, -0.1) is 0 Å². The molecule has 3 aromatic rings. The number of benzene rings is 2. The van der Waals surface area contributed by atoms with E-state index in [4.69, 9.17) is 4.74 Å². The number of fused-ring (bicyclic) bond motifs is 1. The Morgan fingerprint density at radius 3 is 2.50 bits per heavy atom. The summed E-state index contributed by atoms with van der Waals surface area (Å²) in [6.45, 7) is 2.82. The van der Waals surface area contributed by atoms with Crippen LogP contribution in [-0.4, -0.2) is 55.0 Å². The highest BCUT2D eigenvalue weighted by Gasteiger charge is 2.27. The number of nitrogens with one attached hydrogen (secondary N) is 2. The maximum Gasteiger partial charge on any atom is 0.256 e. The SMILES string of the molecule is COc1ccc(N2CCN(C(=O)c3ccc4c(c3)/C(=C/c3ccc[nH]3)C(=O)N4)CC2)cc1. The Morgan fingerprint density at radius 2 is 1.81 bits per heavy atom. The van der Waals surface area contributed by atoms with E-state index in [0.717, 1.165) is 41.5 Å². The van der Waals surface area contributed by atoms with Gasteiger partial charge in [0, 0.05) is 60.6 Å². The summed E-state index contributed by atoms with van der Waals surface area (Å²) in [6.07, 6.45) is 3.62. The van der Waals surface area contributed by atoms with Crippen LogP contribution in [0.4, 0.5) is 11.4 Å². The lowest BCUT2D eigenvalue weighted by atomic mass is 10.0. The highest BCUT2D eigenvalue weighted by atomic mass is 16.5. The lowest BCUT2D eigenvalue weighted by Gasteiger charge is -2.36. The Hall–Kier alpha value is -4.00. The Morgan fingerprint density at radius 1 is 1.03 bits per heavy atom. The van der Waals surface area contributed by atoms with Crippen LogP contribution in [0.25, 0.3) is 11.6 Å². The van der Waals surface area contributed by atoms with Crippen LogP contribution in [0.1, 0.15) is 21.6 Å². The summed E-state index contributed by atoms with van der Waals surface area (Å²) in [5.74, 6) is 0.657. The number of carbonyl (C=O) groups excluding carboxylic acids is 2. The number of aromatic amines is 1. The van der Waals surface area contributed by atoms with Crippen LogP contribution in [0.2, 0.25) is 0 Å². The molecule has 0 spiro atoms. The smallest absolute Gasteiger partial charge is 0.256 e. The molecule has 2 aliphatic heterocycles. The van der Waals surface area contributed by atoms with Gasteiger partial charge in [0.05, 0.1) is 12.7 Å². The van der Waals surface area contributed by atoms with Crippen molar-refractivity contribution in [2.45, 2.75) is 0 Å². The van der Waals surface area contributed by atoms with Crippen molar-refractivity contribution in [2.75, 3.05) is 43.5 Å². The van der Waals surface area contributed by atoms with E-state index in [2.05, 4.69) is 15.2 Å². The Bertz CT molecular complexity index is 1170. The van der Waals surface area contributed by atoms with Crippen LogP contribution in [0.15, 0.2) is 60.8 Å². The number of ether oxygens (including phenoxy) is 1. The number of aromatic nitrogens is 1. The molecule has 0 aliphatic carbocycles. The number of nitrogens with zero attached hydrogens (tertiary/aromatic N) is 2. The van der Waals surface area contributed by atoms with Crippen LogP contribution in [0.3, 0.4) is 0 Å². The quantitative estimate of drug-likeness (QED) is 0.624. The number of hydrogen-bond acceptors (Lipinski definition) is 4. The van der Waals surface area contributed by atoms with Crippen molar-refractivity contribution in [2.24, 2.45) is 0 Å². The third kappa shape index (κ3) is 3.73. The predicted octanol–water partition coefficient (Wildman–Crippen LogP) is 3.48. The standard InChI is InChI=1S/C25H24N4O3/c1-32-20-7-5-19(6-8-20)28-11-13-29(14-12-28)25(31)17-4-9-23-21(15-17)22(24(30)27-23)16-18-3-2-10-26-18/h2-10,15-16,26H,11-14H2,1H3,(H,27,30)/b22-16-.